The molecule has 1 aliphatic carbocycles. The summed E-state index contributed by atoms with van der Waals surface area (Å²) in [5, 5.41) is 3.14. The molecule has 0 saturated heterocycles. The summed E-state index contributed by atoms with van der Waals surface area (Å²) in [5.41, 5.74) is 2.09. The van der Waals surface area contributed by atoms with Crippen LogP contribution in [-0.4, -0.2) is 19.4 Å². The zero-order valence-corrected chi connectivity index (χ0v) is 11.6. The van der Waals surface area contributed by atoms with E-state index < -0.39 is 0 Å². The molecule has 1 aliphatic rings. The average molecular weight is 245 g/mol. The highest BCUT2D eigenvalue weighted by molar-refractivity contribution is 6.02. The van der Waals surface area contributed by atoms with Crippen molar-refractivity contribution in [3.05, 3.63) is 35.4 Å². The smallest absolute Gasteiger partial charge is 0.170 e. The Morgan fingerprint density at radius 3 is 2.33 bits per heavy atom. The fourth-order valence-corrected chi connectivity index (χ4v) is 2.54. The van der Waals surface area contributed by atoms with Crippen LogP contribution in [-0.2, 0) is 6.42 Å². The Morgan fingerprint density at radius 2 is 1.89 bits per heavy atom. The number of hydrogen-bond donors (Lipinski definition) is 1. The van der Waals surface area contributed by atoms with E-state index in [0.29, 0.717) is 11.7 Å². The van der Waals surface area contributed by atoms with Crippen molar-refractivity contribution in [2.24, 2.45) is 11.3 Å². The molecule has 0 aromatic heterocycles. The minimum atomic E-state index is -0.103. The van der Waals surface area contributed by atoms with Crippen LogP contribution in [0.25, 0.3) is 0 Å². The van der Waals surface area contributed by atoms with Crippen LogP contribution in [0.3, 0.4) is 0 Å². The third kappa shape index (κ3) is 2.81. The molecule has 1 aromatic carbocycles. The van der Waals surface area contributed by atoms with E-state index in [-0.39, 0.29) is 5.41 Å². The first kappa shape index (κ1) is 13.3. The first-order chi connectivity index (χ1) is 8.57. The van der Waals surface area contributed by atoms with Gasteiger partial charge in [0.25, 0.3) is 0 Å². The Kier molecular flexibility index (Phi) is 3.86. The van der Waals surface area contributed by atoms with E-state index in [9.17, 15) is 4.79 Å². The summed E-state index contributed by atoms with van der Waals surface area (Å²) in [5.74, 6) is 0.971. The summed E-state index contributed by atoms with van der Waals surface area (Å²) in [6.07, 6.45) is 3.14. The Balaban J connectivity index is 2.08. The normalized spacial score (nSPS) is 16.9. The van der Waals surface area contributed by atoms with Gasteiger partial charge in [-0.05, 0) is 37.8 Å². The molecule has 0 amide bonds. The number of rotatable bonds is 6. The van der Waals surface area contributed by atoms with Gasteiger partial charge in [-0.25, -0.2) is 0 Å². The van der Waals surface area contributed by atoms with Crippen LogP contribution in [0, 0.1) is 11.3 Å². The van der Waals surface area contributed by atoms with Gasteiger partial charge in [0.05, 0.1) is 0 Å². The predicted octanol–water partition coefficient (Wildman–Crippen LogP) is 3.07. The molecule has 2 nitrogen and oxygen atoms in total. The van der Waals surface area contributed by atoms with E-state index in [2.05, 4.69) is 31.3 Å². The fourth-order valence-electron chi connectivity index (χ4n) is 2.54. The maximum atomic E-state index is 12.4. The van der Waals surface area contributed by atoms with E-state index >= 15 is 0 Å². The van der Waals surface area contributed by atoms with Gasteiger partial charge in [-0.2, -0.15) is 0 Å². The second-order valence-electron chi connectivity index (χ2n) is 5.93. The second-order valence-corrected chi connectivity index (χ2v) is 5.93. The van der Waals surface area contributed by atoms with Gasteiger partial charge in [0.2, 0.25) is 0 Å². The maximum absolute atomic E-state index is 12.4. The number of carbonyl (C=O) groups is 1. The van der Waals surface area contributed by atoms with Gasteiger partial charge in [0.1, 0.15) is 0 Å². The minimum Gasteiger partial charge on any atom is -0.319 e. The van der Waals surface area contributed by atoms with Gasteiger partial charge in [-0.1, -0.05) is 38.1 Å². The van der Waals surface area contributed by atoms with Crippen molar-refractivity contribution >= 4 is 5.78 Å². The molecule has 2 rings (SSSR count). The van der Waals surface area contributed by atoms with Gasteiger partial charge in [-0.3, -0.25) is 4.79 Å². The third-order valence-corrected chi connectivity index (χ3v) is 3.71. The van der Waals surface area contributed by atoms with Crippen LogP contribution in [0.5, 0.6) is 0 Å². The lowest BCUT2D eigenvalue weighted by Crippen LogP contribution is -2.27. The van der Waals surface area contributed by atoms with Crippen molar-refractivity contribution in [1.29, 1.82) is 0 Å². The van der Waals surface area contributed by atoms with Crippen molar-refractivity contribution < 1.29 is 4.79 Å². The Bertz CT molecular complexity index is 415. The molecule has 1 fully saturated rings. The van der Waals surface area contributed by atoms with Crippen molar-refractivity contribution in [2.75, 3.05) is 13.6 Å². The first-order valence-corrected chi connectivity index (χ1v) is 6.86. The summed E-state index contributed by atoms with van der Waals surface area (Å²) >= 11 is 0. The molecule has 0 heterocycles. The lowest BCUT2D eigenvalue weighted by molar-refractivity contribution is 0.0900. The quantitative estimate of drug-likeness (QED) is 0.780. The van der Waals surface area contributed by atoms with Gasteiger partial charge in [0, 0.05) is 17.5 Å². The molecule has 1 aromatic rings. The zero-order valence-electron chi connectivity index (χ0n) is 11.6. The van der Waals surface area contributed by atoms with Crippen molar-refractivity contribution in [3.63, 3.8) is 0 Å². The highest BCUT2D eigenvalue weighted by Crippen LogP contribution is 2.47. The van der Waals surface area contributed by atoms with E-state index in [1.165, 1.54) is 5.56 Å². The van der Waals surface area contributed by atoms with E-state index in [1.807, 2.05) is 19.2 Å². The Hall–Kier alpha value is -1.15. The molecule has 1 N–H and O–H groups in total. The van der Waals surface area contributed by atoms with Crippen molar-refractivity contribution in [3.8, 4) is 0 Å². The molecule has 98 valence electrons. The van der Waals surface area contributed by atoms with Gasteiger partial charge in [0.15, 0.2) is 5.78 Å². The van der Waals surface area contributed by atoms with Gasteiger partial charge >= 0.3 is 0 Å². The van der Waals surface area contributed by atoms with Crippen LogP contribution >= 0.6 is 0 Å². The molecule has 2 heteroatoms. The molecule has 0 atom stereocenters. The Labute approximate surface area is 110 Å². The van der Waals surface area contributed by atoms with E-state index in [1.54, 1.807) is 0 Å². The monoisotopic (exact) mass is 245 g/mol. The summed E-state index contributed by atoms with van der Waals surface area (Å²) in [6, 6.07) is 8.19. The van der Waals surface area contributed by atoms with E-state index in [4.69, 9.17) is 0 Å². The topological polar surface area (TPSA) is 29.1 Å². The summed E-state index contributed by atoms with van der Waals surface area (Å²) in [6.45, 7) is 5.23. The standard InChI is InChI=1S/C16H23NO/c1-12(2)10-13-4-6-14(7-5-13)15(18)16(8-9-16)11-17-3/h4-7,12,17H,8-11H2,1-3H3. The average Bonchev–Trinajstić information content (AvgIpc) is 3.10. The predicted molar refractivity (Wildman–Crippen MR) is 74.9 cm³/mol. The second kappa shape index (κ2) is 5.23. The molecule has 0 unspecified atom stereocenters. The van der Waals surface area contributed by atoms with Crippen molar-refractivity contribution in [2.45, 2.75) is 33.1 Å². The largest absolute Gasteiger partial charge is 0.319 e. The molecule has 0 spiro atoms. The van der Waals surface area contributed by atoms with E-state index in [0.717, 1.165) is 31.4 Å². The molecular weight excluding hydrogens is 222 g/mol. The summed E-state index contributed by atoms with van der Waals surface area (Å²) in [7, 11) is 1.92. The van der Waals surface area contributed by atoms with Crippen LogP contribution in [0.1, 0.15) is 42.6 Å². The number of carbonyl (C=O) groups excluding carboxylic acids is 1. The summed E-state index contributed by atoms with van der Waals surface area (Å²) in [4.78, 5) is 12.4. The number of hydrogen-bond acceptors (Lipinski definition) is 2. The molecule has 18 heavy (non-hydrogen) atoms. The number of nitrogens with one attached hydrogen (secondary N) is 1. The molecule has 0 aliphatic heterocycles. The molecular formula is C16H23NO. The third-order valence-electron chi connectivity index (χ3n) is 3.71. The minimum absolute atomic E-state index is 0.103. The lowest BCUT2D eigenvalue weighted by atomic mass is 9.93. The molecule has 1 saturated carbocycles. The molecule has 0 radical (unpaired) electrons. The van der Waals surface area contributed by atoms with Crippen LogP contribution in [0.2, 0.25) is 0 Å². The lowest BCUT2D eigenvalue weighted by Gasteiger charge is -2.13. The fraction of sp³-hybridized carbons (Fsp3) is 0.562. The maximum Gasteiger partial charge on any atom is 0.170 e. The summed E-state index contributed by atoms with van der Waals surface area (Å²) < 4.78 is 0. The SMILES string of the molecule is CNCC1(C(=O)c2ccc(CC(C)C)cc2)CC1. The number of benzene rings is 1. The van der Waals surface area contributed by atoms with Crippen LogP contribution in [0.15, 0.2) is 24.3 Å². The van der Waals surface area contributed by atoms with Crippen LogP contribution < -0.4 is 5.32 Å². The highest BCUT2D eigenvalue weighted by atomic mass is 16.1. The van der Waals surface area contributed by atoms with Crippen LogP contribution in [0.4, 0.5) is 0 Å². The highest BCUT2D eigenvalue weighted by Gasteiger charge is 2.48. The Morgan fingerprint density at radius 1 is 1.28 bits per heavy atom. The number of ketones is 1. The first-order valence-electron chi connectivity index (χ1n) is 6.86. The van der Waals surface area contributed by atoms with Gasteiger partial charge in [-0.15, -0.1) is 0 Å². The van der Waals surface area contributed by atoms with Crippen molar-refractivity contribution in [1.82, 2.24) is 5.32 Å². The number of Topliss-reactive ketones (excluding diaryl/α,β-unsaturated/α-hetero) is 1. The van der Waals surface area contributed by atoms with Gasteiger partial charge < -0.3 is 5.32 Å². The zero-order chi connectivity index (χ0) is 13.2. The molecule has 0 bridgehead atoms.